The van der Waals surface area contributed by atoms with E-state index in [1.54, 1.807) is 18.2 Å². The summed E-state index contributed by atoms with van der Waals surface area (Å²) in [6, 6.07) is 5.06. The van der Waals surface area contributed by atoms with Gasteiger partial charge in [0.15, 0.2) is 5.78 Å². The fourth-order valence-corrected chi connectivity index (χ4v) is 2.08. The van der Waals surface area contributed by atoms with E-state index < -0.39 is 0 Å². The molecule has 0 atom stereocenters. The molecule has 0 aromatic heterocycles. The molecule has 0 aliphatic carbocycles. The highest BCUT2D eigenvalue weighted by atomic mass is 35.5. The van der Waals surface area contributed by atoms with Gasteiger partial charge in [-0.3, -0.25) is 4.79 Å². The highest BCUT2D eigenvalue weighted by molar-refractivity contribution is 6.34. The fourth-order valence-electron chi connectivity index (χ4n) is 1.78. The number of Topliss-reactive ketones (excluding diaryl/α,β-unsaturated/α-hetero) is 1. The quantitative estimate of drug-likeness (QED) is 0.443. The summed E-state index contributed by atoms with van der Waals surface area (Å²) in [5.41, 5.74) is 6.77. The van der Waals surface area contributed by atoms with Gasteiger partial charge in [0.25, 0.3) is 0 Å². The molecule has 0 heterocycles. The Kier molecular flexibility index (Phi) is 6.06. The number of nitrogens with two attached hydrogens (primary N) is 1. The number of benzene rings is 1. The molecule has 0 unspecified atom stereocenters. The molecule has 0 spiro atoms. The van der Waals surface area contributed by atoms with Crippen molar-refractivity contribution in [2.75, 3.05) is 5.73 Å². The van der Waals surface area contributed by atoms with E-state index in [0.717, 1.165) is 12.8 Å². The maximum absolute atomic E-state index is 11.9. The third-order valence-electron chi connectivity index (χ3n) is 2.80. The van der Waals surface area contributed by atoms with Gasteiger partial charge in [-0.2, -0.15) is 0 Å². The number of nitrogen functional groups attached to an aromatic ring is 1. The minimum Gasteiger partial charge on any atom is -0.399 e. The second-order valence-corrected chi connectivity index (χ2v) is 4.73. The Bertz CT molecular complexity index is 376. The Balaban J connectivity index is 2.42. The number of hydrogen-bond donors (Lipinski definition) is 1. The number of anilines is 1. The molecule has 0 aliphatic heterocycles. The van der Waals surface area contributed by atoms with Crippen LogP contribution < -0.4 is 5.73 Å². The van der Waals surface area contributed by atoms with Crippen molar-refractivity contribution in [2.24, 2.45) is 0 Å². The van der Waals surface area contributed by atoms with Crippen molar-refractivity contribution in [3.63, 3.8) is 0 Å². The smallest absolute Gasteiger partial charge is 0.164 e. The molecule has 0 radical (unpaired) electrons. The second kappa shape index (κ2) is 7.33. The zero-order chi connectivity index (χ0) is 12.7. The molecule has 1 aromatic carbocycles. The first-order valence-electron chi connectivity index (χ1n) is 6.23. The third kappa shape index (κ3) is 4.78. The van der Waals surface area contributed by atoms with Crippen LogP contribution in [0.1, 0.15) is 55.8 Å². The van der Waals surface area contributed by atoms with Crippen molar-refractivity contribution in [2.45, 2.75) is 45.4 Å². The van der Waals surface area contributed by atoms with Gasteiger partial charge in [-0.25, -0.2) is 0 Å². The number of hydrogen-bond acceptors (Lipinski definition) is 2. The van der Waals surface area contributed by atoms with Gasteiger partial charge in [0, 0.05) is 17.7 Å². The number of unbranched alkanes of at least 4 members (excludes halogenated alkanes) is 4. The molecule has 1 rings (SSSR count). The van der Waals surface area contributed by atoms with Crippen molar-refractivity contribution in [3.8, 4) is 0 Å². The Morgan fingerprint density at radius 1 is 1.24 bits per heavy atom. The lowest BCUT2D eigenvalue weighted by Gasteiger charge is -2.04. The normalized spacial score (nSPS) is 10.5. The monoisotopic (exact) mass is 253 g/mol. The Morgan fingerprint density at radius 3 is 2.59 bits per heavy atom. The predicted octanol–water partition coefficient (Wildman–Crippen LogP) is 4.47. The van der Waals surface area contributed by atoms with Gasteiger partial charge < -0.3 is 5.73 Å². The number of ketones is 1. The van der Waals surface area contributed by atoms with E-state index in [1.165, 1.54) is 19.3 Å². The van der Waals surface area contributed by atoms with Gasteiger partial charge in [-0.1, -0.05) is 44.2 Å². The summed E-state index contributed by atoms with van der Waals surface area (Å²) in [4.78, 5) is 11.9. The number of halogens is 1. The van der Waals surface area contributed by atoms with E-state index in [9.17, 15) is 4.79 Å². The zero-order valence-electron chi connectivity index (χ0n) is 10.3. The molecular weight excluding hydrogens is 234 g/mol. The first-order chi connectivity index (χ1) is 8.15. The van der Waals surface area contributed by atoms with Gasteiger partial charge in [0.1, 0.15) is 0 Å². The lowest BCUT2D eigenvalue weighted by molar-refractivity contribution is 0.0979. The van der Waals surface area contributed by atoms with E-state index in [4.69, 9.17) is 17.3 Å². The molecule has 0 fully saturated rings. The number of carbonyl (C=O) groups is 1. The first kappa shape index (κ1) is 14.0. The molecule has 3 heteroatoms. The summed E-state index contributed by atoms with van der Waals surface area (Å²) in [7, 11) is 0. The van der Waals surface area contributed by atoms with Crippen LogP contribution in [0.15, 0.2) is 18.2 Å². The van der Waals surface area contributed by atoms with Crippen molar-refractivity contribution in [1.82, 2.24) is 0 Å². The molecule has 0 saturated heterocycles. The van der Waals surface area contributed by atoms with E-state index in [1.807, 2.05) is 0 Å². The summed E-state index contributed by atoms with van der Waals surface area (Å²) in [6.45, 7) is 2.18. The largest absolute Gasteiger partial charge is 0.399 e. The summed E-state index contributed by atoms with van der Waals surface area (Å²) in [5, 5.41) is 0.462. The minimum atomic E-state index is 0.117. The lowest BCUT2D eigenvalue weighted by Crippen LogP contribution is -2.00. The van der Waals surface area contributed by atoms with E-state index >= 15 is 0 Å². The van der Waals surface area contributed by atoms with E-state index in [-0.39, 0.29) is 5.78 Å². The Labute approximate surface area is 108 Å². The molecular formula is C14H20ClNO. The topological polar surface area (TPSA) is 43.1 Å². The first-order valence-corrected chi connectivity index (χ1v) is 6.61. The maximum atomic E-state index is 11.9. The molecule has 0 amide bonds. The van der Waals surface area contributed by atoms with Gasteiger partial charge in [0.2, 0.25) is 0 Å². The lowest BCUT2D eigenvalue weighted by atomic mass is 10.0. The van der Waals surface area contributed by atoms with Crippen LogP contribution in [0, 0.1) is 0 Å². The number of carbonyl (C=O) groups excluding carboxylic acids is 1. The Hall–Kier alpha value is -1.02. The fraction of sp³-hybridized carbons (Fsp3) is 0.500. The maximum Gasteiger partial charge on any atom is 0.164 e. The van der Waals surface area contributed by atoms with Crippen molar-refractivity contribution >= 4 is 23.1 Å². The van der Waals surface area contributed by atoms with Crippen molar-refractivity contribution in [3.05, 3.63) is 28.8 Å². The van der Waals surface area contributed by atoms with E-state index in [0.29, 0.717) is 22.7 Å². The molecule has 1 aromatic rings. The van der Waals surface area contributed by atoms with Gasteiger partial charge in [0.05, 0.1) is 5.02 Å². The van der Waals surface area contributed by atoms with Crippen LogP contribution in [0.3, 0.4) is 0 Å². The van der Waals surface area contributed by atoms with Crippen LogP contribution in [0.5, 0.6) is 0 Å². The average Bonchev–Trinajstić information content (AvgIpc) is 2.28. The molecule has 2 nitrogen and oxygen atoms in total. The summed E-state index contributed by atoms with van der Waals surface area (Å²) in [6.07, 6.45) is 6.31. The van der Waals surface area contributed by atoms with Gasteiger partial charge in [-0.05, 0) is 24.6 Å². The molecule has 2 N–H and O–H groups in total. The van der Waals surface area contributed by atoms with Crippen LogP contribution in [-0.2, 0) is 0 Å². The van der Waals surface area contributed by atoms with Crippen LogP contribution >= 0.6 is 11.6 Å². The summed E-state index contributed by atoms with van der Waals surface area (Å²) >= 11 is 5.99. The molecule has 17 heavy (non-hydrogen) atoms. The number of rotatable bonds is 7. The van der Waals surface area contributed by atoms with Crippen LogP contribution in [0.4, 0.5) is 5.69 Å². The van der Waals surface area contributed by atoms with Gasteiger partial charge >= 0.3 is 0 Å². The highest BCUT2D eigenvalue weighted by Gasteiger charge is 2.09. The molecule has 94 valence electrons. The summed E-state index contributed by atoms with van der Waals surface area (Å²) < 4.78 is 0. The SMILES string of the molecule is CCCCCCCC(=O)c1ccc(N)cc1Cl. The highest BCUT2D eigenvalue weighted by Crippen LogP contribution is 2.21. The minimum absolute atomic E-state index is 0.117. The molecule has 0 saturated carbocycles. The van der Waals surface area contributed by atoms with Crippen LogP contribution in [0.25, 0.3) is 0 Å². The molecule has 0 aliphatic rings. The summed E-state index contributed by atoms with van der Waals surface area (Å²) in [5.74, 6) is 0.117. The van der Waals surface area contributed by atoms with Crippen molar-refractivity contribution < 1.29 is 4.79 Å². The zero-order valence-corrected chi connectivity index (χ0v) is 11.1. The van der Waals surface area contributed by atoms with Crippen LogP contribution in [-0.4, -0.2) is 5.78 Å². The van der Waals surface area contributed by atoms with E-state index in [2.05, 4.69) is 6.92 Å². The third-order valence-corrected chi connectivity index (χ3v) is 3.11. The van der Waals surface area contributed by atoms with Crippen LogP contribution in [0.2, 0.25) is 5.02 Å². The van der Waals surface area contributed by atoms with Crippen molar-refractivity contribution in [1.29, 1.82) is 0 Å². The standard InChI is InChI=1S/C14H20ClNO/c1-2-3-4-5-6-7-14(17)12-9-8-11(16)10-13(12)15/h8-10H,2-7,16H2,1H3. The predicted molar refractivity (Wildman–Crippen MR) is 73.6 cm³/mol. The Morgan fingerprint density at radius 2 is 1.94 bits per heavy atom. The van der Waals surface area contributed by atoms with Gasteiger partial charge in [-0.15, -0.1) is 0 Å². The second-order valence-electron chi connectivity index (χ2n) is 4.33. The molecule has 0 bridgehead atoms. The average molecular weight is 254 g/mol.